The van der Waals surface area contributed by atoms with Gasteiger partial charge in [-0.25, -0.2) is 9.97 Å². The Morgan fingerprint density at radius 3 is 1.35 bits per heavy atom. The molecule has 2 aromatic carbocycles. The second-order valence-corrected chi connectivity index (χ2v) is 13.3. The quantitative estimate of drug-likeness (QED) is 0.194. The number of hydrogen-bond acceptors (Lipinski definition) is 6. The fourth-order valence-electron chi connectivity index (χ4n) is 6.53. The normalized spacial score (nSPS) is 19.7. The number of aromatic amines is 2. The molecule has 10 nitrogen and oxygen atoms in total. The second-order valence-electron chi connectivity index (χ2n) is 13.3. The Morgan fingerprint density at radius 1 is 0.652 bits per heavy atom. The second kappa shape index (κ2) is 13.2. The van der Waals surface area contributed by atoms with E-state index in [1.165, 1.54) is 0 Å². The van der Waals surface area contributed by atoms with Gasteiger partial charge in [0.2, 0.25) is 0 Å². The van der Waals surface area contributed by atoms with Crippen molar-refractivity contribution in [2.75, 3.05) is 13.1 Å². The highest BCUT2D eigenvalue weighted by molar-refractivity contribution is 5.82. The van der Waals surface area contributed by atoms with Gasteiger partial charge in [-0.2, -0.15) is 0 Å². The van der Waals surface area contributed by atoms with Gasteiger partial charge in [0.05, 0.1) is 35.9 Å². The average molecular weight is 625 g/mol. The molecule has 4 atom stereocenters. The lowest BCUT2D eigenvalue weighted by molar-refractivity contribution is -0.144. The molecule has 4 N–H and O–H groups in total. The lowest BCUT2D eigenvalue weighted by Crippen LogP contribution is -2.41. The molecule has 2 aliphatic rings. The number of rotatable bonds is 9. The number of aliphatic hydroxyl groups is 2. The maximum atomic E-state index is 12.9. The van der Waals surface area contributed by atoms with E-state index in [0.29, 0.717) is 13.1 Å². The van der Waals surface area contributed by atoms with Crippen molar-refractivity contribution in [1.82, 2.24) is 29.7 Å². The minimum atomic E-state index is -1.00. The summed E-state index contributed by atoms with van der Waals surface area (Å²) in [5, 5.41) is 20.7. The van der Waals surface area contributed by atoms with E-state index < -0.39 is 12.2 Å². The van der Waals surface area contributed by atoms with Crippen molar-refractivity contribution in [3.05, 3.63) is 72.6 Å². The Morgan fingerprint density at radius 2 is 1.00 bits per heavy atom. The highest BCUT2D eigenvalue weighted by atomic mass is 16.3. The molecule has 10 heteroatoms. The zero-order valence-electron chi connectivity index (χ0n) is 27.0. The van der Waals surface area contributed by atoms with Gasteiger partial charge in [-0.15, -0.1) is 0 Å². The molecule has 0 saturated carbocycles. The van der Waals surface area contributed by atoms with E-state index in [2.05, 4.69) is 68.5 Å². The van der Waals surface area contributed by atoms with Crippen LogP contribution in [0.4, 0.5) is 0 Å². The van der Waals surface area contributed by atoms with Gasteiger partial charge in [-0.05, 0) is 59.8 Å². The molecule has 4 aromatic rings. The van der Waals surface area contributed by atoms with Crippen LogP contribution in [-0.4, -0.2) is 77.1 Å². The number of likely N-dealkylation sites (tertiary alicyclic amines) is 2. The first-order valence-electron chi connectivity index (χ1n) is 16.4. The van der Waals surface area contributed by atoms with E-state index in [-0.39, 0.29) is 35.7 Å². The van der Waals surface area contributed by atoms with Crippen LogP contribution < -0.4 is 0 Å². The van der Waals surface area contributed by atoms with Crippen LogP contribution in [0.1, 0.15) is 77.1 Å². The van der Waals surface area contributed by atoms with Crippen LogP contribution in [0.3, 0.4) is 0 Å². The van der Waals surface area contributed by atoms with Crippen LogP contribution in [-0.2, 0) is 9.59 Å². The Hall–Kier alpha value is -4.28. The van der Waals surface area contributed by atoms with Crippen LogP contribution in [0.15, 0.2) is 60.9 Å². The summed E-state index contributed by atoms with van der Waals surface area (Å²) in [6.07, 6.45) is 5.03. The van der Waals surface area contributed by atoms with Gasteiger partial charge in [-0.1, -0.05) is 76.2 Å². The lowest BCUT2D eigenvalue weighted by atomic mass is 10.0. The highest BCUT2D eigenvalue weighted by Crippen LogP contribution is 2.35. The van der Waals surface area contributed by atoms with Gasteiger partial charge < -0.3 is 30.0 Å². The Kier molecular flexibility index (Phi) is 9.11. The monoisotopic (exact) mass is 624 g/mol. The number of aliphatic hydroxyl groups excluding tert-OH is 2. The number of hydrogen-bond donors (Lipinski definition) is 4. The molecule has 2 fully saturated rings. The van der Waals surface area contributed by atoms with E-state index in [1.807, 2.05) is 40.1 Å². The summed E-state index contributed by atoms with van der Waals surface area (Å²) in [7, 11) is 0. The molecule has 2 amide bonds. The van der Waals surface area contributed by atoms with Crippen LogP contribution in [0, 0.1) is 11.8 Å². The molecule has 2 saturated heterocycles. The molecule has 0 bridgehead atoms. The third kappa shape index (κ3) is 6.24. The van der Waals surface area contributed by atoms with Crippen molar-refractivity contribution < 1.29 is 19.8 Å². The van der Waals surface area contributed by atoms with Crippen molar-refractivity contribution in [2.45, 2.75) is 77.7 Å². The summed E-state index contributed by atoms with van der Waals surface area (Å²) in [5.74, 6) is 0.775. The number of nitrogens with one attached hydrogen (secondary N) is 2. The summed E-state index contributed by atoms with van der Waals surface area (Å²) >= 11 is 0. The van der Waals surface area contributed by atoms with Gasteiger partial charge in [0.25, 0.3) is 11.8 Å². The van der Waals surface area contributed by atoms with E-state index in [4.69, 9.17) is 0 Å². The summed E-state index contributed by atoms with van der Waals surface area (Å²) in [6.45, 7) is 8.65. The third-order valence-electron chi connectivity index (χ3n) is 9.39. The van der Waals surface area contributed by atoms with Crippen LogP contribution in [0.2, 0.25) is 0 Å². The number of benzene rings is 2. The van der Waals surface area contributed by atoms with Crippen LogP contribution in [0.5, 0.6) is 0 Å². The molecular formula is C36H44N6O4. The minimum Gasteiger partial charge on any atom is -0.383 e. The van der Waals surface area contributed by atoms with Crippen molar-refractivity contribution in [3.8, 4) is 33.6 Å². The Labute approximate surface area is 269 Å². The number of aromatic nitrogens is 4. The molecule has 0 radical (unpaired) electrons. The molecule has 2 unspecified atom stereocenters. The van der Waals surface area contributed by atoms with Crippen molar-refractivity contribution in [3.63, 3.8) is 0 Å². The van der Waals surface area contributed by atoms with Gasteiger partial charge in [-0.3, -0.25) is 9.59 Å². The summed E-state index contributed by atoms with van der Waals surface area (Å²) in [4.78, 5) is 45.3. The molecule has 2 aromatic heterocycles. The fraction of sp³-hybridized carbons (Fsp3) is 0.444. The summed E-state index contributed by atoms with van der Waals surface area (Å²) < 4.78 is 0. The van der Waals surface area contributed by atoms with Crippen LogP contribution in [0.25, 0.3) is 33.6 Å². The maximum Gasteiger partial charge on any atom is 0.252 e. The van der Waals surface area contributed by atoms with E-state index in [9.17, 15) is 19.8 Å². The van der Waals surface area contributed by atoms with Gasteiger partial charge in [0.15, 0.2) is 0 Å². The molecular weight excluding hydrogens is 580 g/mol. The topological polar surface area (TPSA) is 138 Å². The molecule has 242 valence electrons. The third-order valence-corrected chi connectivity index (χ3v) is 9.39. The predicted octanol–water partition coefficient (Wildman–Crippen LogP) is 5.49. The number of amides is 2. The van der Waals surface area contributed by atoms with E-state index in [1.54, 1.807) is 9.80 Å². The van der Waals surface area contributed by atoms with Crippen LogP contribution >= 0.6 is 0 Å². The van der Waals surface area contributed by atoms with Crippen molar-refractivity contribution in [1.29, 1.82) is 0 Å². The molecule has 46 heavy (non-hydrogen) atoms. The molecule has 2 aliphatic heterocycles. The number of nitrogens with zero attached hydrogens (tertiary/aromatic N) is 4. The predicted molar refractivity (Wildman–Crippen MR) is 176 cm³/mol. The van der Waals surface area contributed by atoms with Crippen molar-refractivity contribution in [2.24, 2.45) is 11.8 Å². The SMILES string of the molecule is CC(C)C(O)C(=O)N1CCC[C@H]1c1ncc(-c2ccc(-c3ccc(-c4cnc([C@@H]5CCCN5C(=O)C(O)C(C)C)[nH]4)cc3)cc2)[nH]1. The van der Waals surface area contributed by atoms with E-state index in [0.717, 1.165) is 71.0 Å². The maximum absolute atomic E-state index is 12.9. The number of carbonyl (C=O) groups is 2. The Bertz CT molecular complexity index is 1530. The van der Waals surface area contributed by atoms with Gasteiger partial charge >= 0.3 is 0 Å². The Balaban J connectivity index is 1.12. The largest absolute Gasteiger partial charge is 0.383 e. The van der Waals surface area contributed by atoms with Crippen molar-refractivity contribution >= 4 is 11.8 Å². The first-order chi connectivity index (χ1) is 22.1. The molecule has 0 aliphatic carbocycles. The smallest absolute Gasteiger partial charge is 0.252 e. The fourth-order valence-corrected chi connectivity index (χ4v) is 6.53. The number of carbonyl (C=O) groups excluding carboxylic acids is 2. The minimum absolute atomic E-state index is 0.133. The number of H-pyrrole nitrogens is 2. The average Bonchev–Trinajstić information content (AvgIpc) is 3.89. The van der Waals surface area contributed by atoms with Gasteiger partial charge in [0, 0.05) is 13.1 Å². The highest BCUT2D eigenvalue weighted by Gasteiger charge is 2.37. The zero-order chi connectivity index (χ0) is 32.5. The van der Waals surface area contributed by atoms with Gasteiger partial charge in [0.1, 0.15) is 23.9 Å². The first kappa shape index (κ1) is 31.7. The van der Waals surface area contributed by atoms with E-state index >= 15 is 0 Å². The first-order valence-corrected chi connectivity index (χ1v) is 16.4. The standard InChI is InChI=1S/C36H44N6O4/c1-21(2)31(43)35(45)41-17-5-7-29(41)33-37-19-27(39-33)25-13-9-23(10-14-25)24-11-15-26(16-12-24)28-20-38-34(40-28)30-8-6-18-42(30)36(46)32(44)22(3)4/h9-16,19-22,29-32,43-44H,5-8,17-18H2,1-4H3,(H,37,39)(H,38,40)/t29-,30-,31?,32?/m0/s1. The summed E-state index contributed by atoms with van der Waals surface area (Å²) in [6, 6.07) is 16.3. The molecule has 4 heterocycles. The zero-order valence-corrected chi connectivity index (χ0v) is 27.0. The number of imidazole rings is 2. The summed E-state index contributed by atoms with van der Waals surface area (Å²) in [5.41, 5.74) is 5.94. The molecule has 0 spiro atoms. The molecule has 6 rings (SSSR count). The lowest BCUT2D eigenvalue weighted by Gasteiger charge is -2.27.